The zero-order chi connectivity index (χ0) is 11.5. The predicted molar refractivity (Wildman–Crippen MR) is 62.1 cm³/mol. The van der Waals surface area contributed by atoms with Gasteiger partial charge in [0, 0.05) is 18.0 Å². The van der Waals surface area contributed by atoms with E-state index in [1.165, 1.54) is 12.1 Å². The lowest BCUT2D eigenvalue weighted by Gasteiger charge is -2.00. The van der Waals surface area contributed by atoms with Crippen LogP contribution in [0.15, 0.2) is 41.1 Å². The highest BCUT2D eigenvalue weighted by Crippen LogP contribution is 2.16. The Hall–Kier alpha value is -1.75. The number of hydrogen-bond acceptors (Lipinski definition) is 3. The molecule has 1 N–H and O–H groups in total. The second kappa shape index (κ2) is 4.40. The van der Waals surface area contributed by atoms with Crippen LogP contribution in [0.4, 0.5) is 0 Å². The number of rotatable bonds is 2. The maximum Gasteiger partial charge on any atom is 0.335 e. The smallest absolute Gasteiger partial charge is 0.335 e. The van der Waals surface area contributed by atoms with Crippen molar-refractivity contribution in [3.63, 3.8) is 0 Å². The fourth-order valence-corrected chi connectivity index (χ4v) is 1.43. The molecule has 1 heterocycles. The molecule has 80 valence electrons. The molecule has 4 nitrogen and oxygen atoms in total. The fourth-order valence-electron chi connectivity index (χ4n) is 1.22. The number of aromatic nitrogens is 2. The van der Waals surface area contributed by atoms with Crippen molar-refractivity contribution in [1.29, 1.82) is 0 Å². The van der Waals surface area contributed by atoms with E-state index in [0.717, 1.165) is 10.0 Å². The number of aromatic carboxylic acids is 1. The van der Waals surface area contributed by atoms with E-state index in [9.17, 15) is 4.79 Å². The van der Waals surface area contributed by atoms with Gasteiger partial charge in [-0.1, -0.05) is 12.1 Å². The van der Waals surface area contributed by atoms with Gasteiger partial charge in [-0.15, -0.1) is 0 Å². The molecule has 1 aromatic carbocycles. The van der Waals surface area contributed by atoms with Crippen molar-refractivity contribution in [2.75, 3.05) is 0 Å². The number of nitrogens with zero attached hydrogens (tertiary/aromatic N) is 2. The Labute approximate surface area is 100 Å². The molecule has 0 aliphatic carbocycles. The average Bonchev–Trinajstić information content (AvgIpc) is 2.30. The summed E-state index contributed by atoms with van der Waals surface area (Å²) in [5.41, 5.74) is 1.04. The molecule has 1 aromatic heterocycles. The minimum Gasteiger partial charge on any atom is -0.478 e. The first-order valence-corrected chi connectivity index (χ1v) is 5.27. The van der Waals surface area contributed by atoms with E-state index in [1.807, 2.05) is 0 Å². The standard InChI is InChI=1S/C11H7BrN2O2/c12-9-5-13-10(14-6-9)7-1-3-8(4-2-7)11(15)16/h1-6H,(H,15,16). The van der Waals surface area contributed by atoms with Crippen LogP contribution in [-0.2, 0) is 0 Å². The molecule has 0 saturated heterocycles. The van der Waals surface area contributed by atoms with Crippen molar-refractivity contribution >= 4 is 21.9 Å². The quantitative estimate of drug-likeness (QED) is 0.917. The Morgan fingerprint density at radius 3 is 2.19 bits per heavy atom. The number of carboxylic acids is 1. The van der Waals surface area contributed by atoms with Crippen LogP contribution in [0.25, 0.3) is 11.4 Å². The first-order chi connectivity index (χ1) is 7.66. The van der Waals surface area contributed by atoms with Gasteiger partial charge in [0.25, 0.3) is 0 Å². The van der Waals surface area contributed by atoms with Gasteiger partial charge in [-0.3, -0.25) is 0 Å². The van der Waals surface area contributed by atoms with E-state index >= 15 is 0 Å². The van der Waals surface area contributed by atoms with Crippen LogP contribution in [0, 0.1) is 0 Å². The van der Waals surface area contributed by atoms with E-state index in [-0.39, 0.29) is 5.56 Å². The van der Waals surface area contributed by atoms with Crippen LogP contribution in [0.5, 0.6) is 0 Å². The number of carboxylic acid groups (broad SMARTS) is 1. The maximum absolute atomic E-state index is 10.7. The molecule has 0 radical (unpaired) electrons. The molecule has 0 saturated carbocycles. The zero-order valence-corrected chi connectivity index (χ0v) is 9.68. The molecular weight excluding hydrogens is 272 g/mol. The van der Waals surface area contributed by atoms with Gasteiger partial charge in [0.15, 0.2) is 5.82 Å². The second-order valence-corrected chi connectivity index (χ2v) is 4.02. The Balaban J connectivity index is 2.34. The molecule has 0 bridgehead atoms. The summed E-state index contributed by atoms with van der Waals surface area (Å²) in [6, 6.07) is 6.44. The highest BCUT2D eigenvalue weighted by atomic mass is 79.9. The van der Waals surface area contributed by atoms with Gasteiger partial charge in [-0.25, -0.2) is 14.8 Å². The monoisotopic (exact) mass is 278 g/mol. The summed E-state index contributed by atoms with van der Waals surface area (Å²) in [6.45, 7) is 0. The third-order valence-electron chi connectivity index (χ3n) is 2.01. The Morgan fingerprint density at radius 1 is 1.12 bits per heavy atom. The molecule has 5 heteroatoms. The molecule has 0 aliphatic heterocycles. The Kier molecular flexibility index (Phi) is 2.96. The van der Waals surface area contributed by atoms with Gasteiger partial charge in [0.05, 0.1) is 10.0 Å². The minimum absolute atomic E-state index is 0.251. The lowest BCUT2D eigenvalue weighted by molar-refractivity contribution is 0.0697. The largest absolute Gasteiger partial charge is 0.478 e. The van der Waals surface area contributed by atoms with Crippen LogP contribution in [-0.4, -0.2) is 21.0 Å². The van der Waals surface area contributed by atoms with Crippen LogP contribution < -0.4 is 0 Å². The van der Waals surface area contributed by atoms with Crippen molar-refractivity contribution < 1.29 is 9.90 Å². The highest BCUT2D eigenvalue weighted by molar-refractivity contribution is 9.10. The topological polar surface area (TPSA) is 63.1 Å². The molecule has 0 amide bonds. The summed E-state index contributed by atoms with van der Waals surface area (Å²) in [6.07, 6.45) is 3.29. The normalized spacial score (nSPS) is 10.1. The lowest BCUT2D eigenvalue weighted by atomic mass is 10.1. The van der Waals surface area contributed by atoms with Gasteiger partial charge in [-0.2, -0.15) is 0 Å². The third kappa shape index (κ3) is 2.25. The summed E-state index contributed by atoms with van der Waals surface area (Å²) < 4.78 is 0.804. The molecule has 0 unspecified atom stereocenters. The summed E-state index contributed by atoms with van der Waals surface area (Å²) in [4.78, 5) is 18.9. The van der Waals surface area contributed by atoms with Crippen molar-refractivity contribution in [1.82, 2.24) is 9.97 Å². The van der Waals surface area contributed by atoms with E-state index in [0.29, 0.717) is 5.82 Å². The molecule has 0 aliphatic rings. The first-order valence-electron chi connectivity index (χ1n) is 4.48. The van der Waals surface area contributed by atoms with Crippen LogP contribution >= 0.6 is 15.9 Å². The number of benzene rings is 1. The van der Waals surface area contributed by atoms with Crippen molar-refractivity contribution in [2.45, 2.75) is 0 Å². The summed E-state index contributed by atoms with van der Waals surface area (Å²) in [5, 5.41) is 8.75. The zero-order valence-electron chi connectivity index (χ0n) is 8.09. The summed E-state index contributed by atoms with van der Waals surface area (Å²) >= 11 is 3.25. The van der Waals surface area contributed by atoms with Gasteiger partial charge in [0.1, 0.15) is 0 Å². The van der Waals surface area contributed by atoms with E-state index in [1.54, 1.807) is 24.5 Å². The van der Waals surface area contributed by atoms with Gasteiger partial charge >= 0.3 is 5.97 Å². The molecule has 16 heavy (non-hydrogen) atoms. The van der Waals surface area contributed by atoms with Gasteiger partial charge < -0.3 is 5.11 Å². The van der Waals surface area contributed by atoms with Crippen molar-refractivity contribution in [3.8, 4) is 11.4 Å². The molecule has 2 aromatic rings. The molecule has 0 fully saturated rings. The van der Waals surface area contributed by atoms with E-state index in [2.05, 4.69) is 25.9 Å². The molecule has 2 rings (SSSR count). The number of halogens is 1. The van der Waals surface area contributed by atoms with Crippen LogP contribution in [0.1, 0.15) is 10.4 Å². The van der Waals surface area contributed by atoms with Crippen LogP contribution in [0.3, 0.4) is 0 Å². The predicted octanol–water partition coefficient (Wildman–Crippen LogP) is 2.60. The van der Waals surface area contributed by atoms with E-state index < -0.39 is 5.97 Å². The molecular formula is C11H7BrN2O2. The number of carbonyl (C=O) groups is 1. The van der Waals surface area contributed by atoms with Gasteiger partial charge in [-0.05, 0) is 28.1 Å². The highest BCUT2D eigenvalue weighted by Gasteiger charge is 2.04. The maximum atomic E-state index is 10.7. The summed E-state index contributed by atoms with van der Waals surface area (Å²) in [5.74, 6) is -0.372. The Morgan fingerprint density at radius 2 is 1.69 bits per heavy atom. The first kappa shape index (κ1) is 10.8. The summed E-state index contributed by atoms with van der Waals surface area (Å²) in [7, 11) is 0. The minimum atomic E-state index is -0.941. The fraction of sp³-hybridized carbons (Fsp3) is 0. The lowest BCUT2D eigenvalue weighted by Crippen LogP contribution is -1.95. The SMILES string of the molecule is O=C(O)c1ccc(-c2ncc(Br)cn2)cc1. The van der Waals surface area contributed by atoms with E-state index in [4.69, 9.17) is 5.11 Å². The van der Waals surface area contributed by atoms with Crippen molar-refractivity contribution in [3.05, 3.63) is 46.7 Å². The molecule has 0 atom stereocenters. The molecule has 0 spiro atoms. The average molecular weight is 279 g/mol. The second-order valence-electron chi connectivity index (χ2n) is 3.11. The van der Waals surface area contributed by atoms with Gasteiger partial charge in [0.2, 0.25) is 0 Å². The number of hydrogen-bond donors (Lipinski definition) is 1. The Bertz CT molecular complexity index is 509. The van der Waals surface area contributed by atoms with Crippen LogP contribution in [0.2, 0.25) is 0 Å². The third-order valence-corrected chi connectivity index (χ3v) is 2.42. The van der Waals surface area contributed by atoms with Crippen molar-refractivity contribution in [2.24, 2.45) is 0 Å².